The normalized spacial score (nSPS) is 18.5. The summed E-state index contributed by atoms with van der Waals surface area (Å²) < 4.78 is 10.9. The van der Waals surface area contributed by atoms with E-state index in [1.807, 2.05) is 43.0 Å². The predicted octanol–water partition coefficient (Wildman–Crippen LogP) is 2.19. The van der Waals surface area contributed by atoms with Crippen LogP contribution in [0.1, 0.15) is 32.3 Å². The maximum atomic E-state index is 12.5. The number of hydrogen-bond donors (Lipinski definition) is 1. The molecule has 1 aliphatic heterocycles. The second-order valence-corrected chi connectivity index (χ2v) is 6.33. The van der Waals surface area contributed by atoms with Gasteiger partial charge in [-0.2, -0.15) is 0 Å². The van der Waals surface area contributed by atoms with Gasteiger partial charge < -0.3 is 20.1 Å². The third-order valence-electron chi connectivity index (χ3n) is 4.58. The second kappa shape index (κ2) is 8.31. The number of ether oxygens (including phenoxy) is 2. The fraction of sp³-hybridized carbons (Fsp3) is 0.611. The Morgan fingerprint density at radius 1 is 1.35 bits per heavy atom. The summed E-state index contributed by atoms with van der Waals surface area (Å²) in [5.41, 5.74) is 6.95. The number of carbonyl (C=O) groups is 1. The van der Waals surface area contributed by atoms with E-state index in [2.05, 4.69) is 0 Å². The molecule has 23 heavy (non-hydrogen) atoms. The lowest BCUT2D eigenvalue weighted by Gasteiger charge is -2.35. The topological polar surface area (TPSA) is 64.8 Å². The minimum atomic E-state index is -0.437. The Labute approximate surface area is 138 Å². The number of amides is 1. The molecule has 128 valence electrons. The van der Waals surface area contributed by atoms with E-state index in [1.54, 1.807) is 7.11 Å². The van der Waals surface area contributed by atoms with Crippen LogP contribution in [0.4, 0.5) is 0 Å². The Bertz CT molecular complexity index is 511. The molecule has 1 aromatic carbocycles. The summed E-state index contributed by atoms with van der Waals surface area (Å²) >= 11 is 0. The van der Waals surface area contributed by atoms with Gasteiger partial charge in [-0.15, -0.1) is 0 Å². The third-order valence-corrected chi connectivity index (χ3v) is 4.58. The first-order valence-corrected chi connectivity index (χ1v) is 8.30. The lowest BCUT2D eigenvalue weighted by molar-refractivity contribution is -0.144. The summed E-state index contributed by atoms with van der Waals surface area (Å²) in [6, 6.07) is 7.90. The summed E-state index contributed by atoms with van der Waals surface area (Å²) in [7, 11) is 1.64. The van der Waals surface area contributed by atoms with Crippen LogP contribution < -0.4 is 10.5 Å². The van der Waals surface area contributed by atoms with Gasteiger partial charge in [0.05, 0.1) is 13.7 Å². The highest BCUT2D eigenvalue weighted by molar-refractivity contribution is 5.80. The minimum Gasteiger partial charge on any atom is -0.497 e. The first-order valence-electron chi connectivity index (χ1n) is 8.30. The summed E-state index contributed by atoms with van der Waals surface area (Å²) in [6.07, 6.45) is 1.52. The van der Waals surface area contributed by atoms with Crippen LogP contribution in [0.15, 0.2) is 24.3 Å². The number of nitrogens with two attached hydrogens (primary N) is 1. The van der Waals surface area contributed by atoms with Crippen molar-refractivity contribution in [3.05, 3.63) is 29.8 Å². The number of hydrogen-bond acceptors (Lipinski definition) is 4. The number of piperidine rings is 1. The Kier molecular flexibility index (Phi) is 6.42. The summed E-state index contributed by atoms with van der Waals surface area (Å²) in [4.78, 5) is 14.4. The lowest BCUT2D eigenvalue weighted by atomic mass is 9.91. The number of rotatable bonds is 6. The van der Waals surface area contributed by atoms with Crippen molar-refractivity contribution in [3.63, 3.8) is 0 Å². The van der Waals surface area contributed by atoms with Gasteiger partial charge in [0.15, 0.2) is 0 Å². The predicted molar refractivity (Wildman–Crippen MR) is 90.2 cm³/mol. The monoisotopic (exact) mass is 320 g/mol. The molecule has 1 fully saturated rings. The van der Waals surface area contributed by atoms with Gasteiger partial charge in [-0.05, 0) is 50.3 Å². The maximum Gasteiger partial charge on any atom is 0.251 e. The van der Waals surface area contributed by atoms with E-state index in [0.717, 1.165) is 37.2 Å². The molecule has 2 unspecified atom stereocenters. The van der Waals surface area contributed by atoms with Crippen LogP contribution in [-0.2, 0) is 16.1 Å². The molecule has 2 N–H and O–H groups in total. The van der Waals surface area contributed by atoms with Gasteiger partial charge in [0, 0.05) is 19.1 Å². The molecule has 1 heterocycles. The van der Waals surface area contributed by atoms with Crippen molar-refractivity contribution in [1.29, 1.82) is 0 Å². The number of carbonyl (C=O) groups excluding carboxylic acids is 1. The van der Waals surface area contributed by atoms with Gasteiger partial charge in [-0.1, -0.05) is 12.1 Å². The smallest absolute Gasteiger partial charge is 0.251 e. The average Bonchev–Trinajstić information content (AvgIpc) is 2.59. The fourth-order valence-corrected chi connectivity index (χ4v) is 2.96. The highest BCUT2D eigenvalue weighted by Gasteiger charge is 2.27. The molecular weight excluding hydrogens is 292 g/mol. The second-order valence-electron chi connectivity index (χ2n) is 6.33. The summed E-state index contributed by atoms with van der Waals surface area (Å²) in [6.45, 7) is 5.82. The average molecular weight is 320 g/mol. The van der Waals surface area contributed by atoms with Gasteiger partial charge in [0.25, 0.3) is 5.91 Å². The first kappa shape index (κ1) is 17.8. The summed E-state index contributed by atoms with van der Waals surface area (Å²) in [5, 5.41) is 0. The van der Waals surface area contributed by atoms with E-state index in [-0.39, 0.29) is 11.9 Å². The number of benzene rings is 1. The number of nitrogens with zero attached hydrogens (tertiary/aromatic N) is 1. The van der Waals surface area contributed by atoms with E-state index < -0.39 is 6.10 Å². The minimum absolute atomic E-state index is 0.0658. The van der Waals surface area contributed by atoms with E-state index >= 15 is 0 Å². The largest absolute Gasteiger partial charge is 0.497 e. The zero-order chi connectivity index (χ0) is 16.8. The number of likely N-dealkylation sites (tertiary alicyclic amines) is 1. The first-order chi connectivity index (χ1) is 11.0. The zero-order valence-electron chi connectivity index (χ0n) is 14.3. The van der Waals surface area contributed by atoms with Crippen LogP contribution in [-0.4, -0.2) is 43.2 Å². The highest BCUT2D eigenvalue weighted by Crippen LogP contribution is 2.21. The fourth-order valence-electron chi connectivity index (χ4n) is 2.96. The van der Waals surface area contributed by atoms with Crippen LogP contribution in [0.3, 0.4) is 0 Å². The maximum absolute atomic E-state index is 12.5. The van der Waals surface area contributed by atoms with Crippen molar-refractivity contribution in [2.24, 2.45) is 11.7 Å². The van der Waals surface area contributed by atoms with Gasteiger partial charge in [-0.25, -0.2) is 0 Å². The van der Waals surface area contributed by atoms with Crippen molar-refractivity contribution in [1.82, 2.24) is 4.90 Å². The molecule has 0 aromatic heterocycles. The van der Waals surface area contributed by atoms with Crippen LogP contribution in [0.5, 0.6) is 5.75 Å². The van der Waals surface area contributed by atoms with Crippen molar-refractivity contribution in [2.75, 3.05) is 20.2 Å². The van der Waals surface area contributed by atoms with Crippen LogP contribution in [0, 0.1) is 5.92 Å². The summed E-state index contributed by atoms with van der Waals surface area (Å²) in [5.74, 6) is 1.38. The van der Waals surface area contributed by atoms with Crippen molar-refractivity contribution >= 4 is 5.91 Å². The van der Waals surface area contributed by atoms with Gasteiger partial charge in [0.2, 0.25) is 0 Å². The van der Waals surface area contributed by atoms with E-state index in [1.165, 1.54) is 0 Å². The van der Waals surface area contributed by atoms with Crippen LogP contribution >= 0.6 is 0 Å². The Hall–Kier alpha value is -1.59. The molecule has 0 bridgehead atoms. The molecule has 2 rings (SSSR count). The number of methoxy groups -OCH3 is 1. The molecule has 2 atom stereocenters. The van der Waals surface area contributed by atoms with Crippen molar-refractivity contribution in [3.8, 4) is 5.75 Å². The quantitative estimate of drug-likeness (QED) is 0.872. The van der Waals surface area contributed by atoms with Crippen molar-refractivity contribution in [2.45, 2.75) is 45.4 Å². The van der Waals surface area contributed by atoms with Crippen molar-refractivity contribution < 1.29 is 14.3 Å². The van der Waals surface area contributed by atoms with E-state index in [9.17, 15) is 4.79 Å². The van der Waals surface area contributed by atoms with Gasteiger partial charge >= 0.3 is 0 Å². The van der Waals surface area contributed by atoms with Gasteiger partial charge in [-0.3, -0.25) is 4.79 Å². The van der Waals surface area contributed by atoms with Crippen LogP contribution in [0.25, 0.3) is 0 Å². The molecule has 1 aromatic rings. The van der Waals surface area contributed by atoms with Crippen LogP contribution in [0.2, 0.25) is 0 Å². The Morgan fingerprint density at radius 2 is 2.04 bits per heavy atom. The van der Waals surface area contributed by atoms with E-state index in [4.69, 9.17) is 15.2 Å². The molecule has 1 saturated heterocycles. The Balaban J connectivity index is 1.81. The lowest BCUT2D eigenvalue weighted by Crippen LogP contribution is -2.46. The van der Waals surface area contributed by atoms with Gasteiger partial charge in [0.1, 0.15) is 11.9 Å². The molecule has 5 heteroatoms. The third kappa shape index (κ3) is 4.94. The molecule has 0 saturated carbocycles. The Morgan fingerprint density at radius 3 is 2.65 bits per heavy atom. The molecule has 0 radical (unpaired) electrons. The molecule has 5 nitrogen and oxygen atoms in total. The molecule has 1 amide bonds. The van der Waals surface area contributed by atoms with E-state index in [0.29, 0.717) is 12.5 Å². The SMILES string of the molecule is COc1cccc(COC(C)C(=O)N2CCC(C(C)N)CC2)c1. The zero-order valence-corrected chi connectivity index (χ0v) is 14.3. The molecule has 1 aliphatic rings. The molecular formula is C18H28N2O3. The molecule has 0 aliphatic carbocycles. The highest BCUT2D eigenvalue weighted by atomic mass is 16.5. The molecule has 0 spiro atoms. The standard InChI is InChI=1S/C18H28N2O3/c1-13(19)16-7-9-20(10-8-16)18(21)14(2)23-12-15-5-4-6-17(11-15)22-3/h4-6,11,13-14,16H,7-10,12,19H2,1-3H3.